The van der Waals surface area contributed by atoms with Gasteiger partial charge in [-0.2, -0.15) is 15.0 Å². The van der Waals surface area contributed by atoms with Crippen molar-refractivity contribution in [1.82, 2.24) is 15.0 Å². The molecule has 6 nitrogen and oxygen atoms in total. The summed E-state index contributed by atoms with van der Waals surface area (Å²) in [6, 6.07) is 0.999. The molecular weight excluding hydrogens is 396 g/mol. The molecule has 1 aromatic heterocycles. The molecule has 132 valence electrons. The van der Waals surface area contributed by atoms with Crippen LogP contribution >= 0.6 is 15.9 Å². The van der Waals surface area contributed by atoms with Crippen molar-refractivity contribution in [3.8, 4) is 5.75 Å². The van der Waals surface area contributed by atoms with E-state index in [4.69, 9.17) is 10.5 Å². The van der Waals surface area contributed by atoms with Crippen molar-refractivity contribution in [2.45, 2.75) is 31.1 Å². The van der Waals surface area contributed by atoms with Crippen molar-refractivity contribution in [3.63, 3.8) is 0 Å². The van der Waals surface area contributed by atoms with Gasteiger partial charge in [-0.1, -0.05) is 0 Å². The summed E-state index contributed by atoms with van der Waals surface area (Å²) in [6.07, 6.45) is 4.36. The van der Waals surface area contributed by atoms with Gasteiger partial charge in [0, 0.05) is 5.41 Å². The summed E-state index contributed by atoms with van der Waals surface area (Å²) in [4.78, 5) is 12.7. The fraction of sp³-hybridized carbons (Fsp3) is 0.438. The summed E-state index contributed by atoms with van der Waals surface area (Å²) in [6.45, 7) is 0. The highest BCUT2D eigenvalue weighted by atomic mass is 79.9. The van der Waals surface area contributed by atoms with Gasteiger partial charge in [0.25, 0.3) is 0 Å². The number of hydrogen-bond donors (Lipinski definition) is 2. The molecule has 2 aliphatic rings. The summed E-state index contributed by atoms with van der Waals surface area (Å²) >= 11 is 3.15. The van der Waals surface area contributed by atoms with Gasteiger partial charge in [0.1, 0.15) is 11.5 Å². The van der Waals surface area contributed by atoms with E-state index in [2.05, 4.69) is 36.2 Å². The molecule has 0 atom stereocenters. The van der Waals surface area contributed by atoms with Crippen molar-refractivity contribution in [1.29, 1.82) is 0 Å². The van der Waals surface area contributed by atoms with Crippen molar-refractivity contribution in [2.75, 3.05) is 18.2 Å². The van der Waals surface area contributed by atoms with E-state index in [1.807, 2.05) is 0 Å². The predicted molar refractivity (Wildman–Crippen MR) is 91.8 cm³/mol. The van der Waals surface area contributed by atoms with Crippen LogP contribution in [0.3, 0.4) is 0 Å². The minimum atomic E-state index is -1.08. The molecule has 2 aliphatic carbocycles. The van der Waals surface area contributed by atoms with Gasteiger partial charge in [-0.3, -0.25) is 0 Å². The number of aromatic nitrogens is 3. The molecule has 9 heteroatoms. The Morgan fingerprint density at radius 2 is 2.00 bits per heavy atom. The number of halogens is 3. The molecule has 0 amide bonds. The standard InChI is InChI=1S/C16H16BrF2N5O/c1-25-12-8(17)6-9(18)10(19)11(12)21-15-23-13(22-14(20)24-15)16(4-5-16)7-2-3-7/h6-7H,2-5H2,1H3,(H3,20,21,22,23,24). The Kier molecular flexibility index (Phi) is 3.78. The summed E-state index contributed by atoms with van der Waals surface area (Å²) in [5.41, 5.74) is 5.59. The Morgan fingerprint density at radius 3 is 2.60 bits per heavy atom. The Labute approximate surface area is 151 Å². The minimum absolute atomic E-state index is 0.0291. The van der Waals surface area contributed by atoms with Gasteiger partial charge < -0.3 is 15.8 Å². The van der Waals surface area contributed by atoms with Crippen LogP contribution in [-0.2, 0) is 5.41 Å². The monoisotopic (exact) mass is 411 g/mol. The van der Waals surface area contributed by atoms with E-state index in [9.17, 15) is 8.78 Å². The molecule has 1 aromatic carbocycles. The Hall–Kier alpha value is -2.03. The Morgan fingerprint density at radius 1 is 1.28 bits per heavy atom. The lowest BCUT2D eigenvalue weighted by atomic mass is 10.00. The zero-order valence-corrected chi connectivity index (χ0v) is 15.0. The highest BCUT2D eigenvalue weighted by Crippen LogP contribution is 2.61. The number of hydrogen-bond acceptors (Lipinski definition) is 6. The molecule has 0 radical (unpaired) electrons. The second-order valence-corrected chi connectivity index (χ2v) is 7.31. The van der Waals surface area contributed by atoms with Gasteiger partial charge in [-0.05, 0) is 53.6 Å². The van der Waals surface area contributed by atoms with Crippen LogP contribution in [0.5, 0.6) is 5.75 Å². The van der Waals surface area contributed by atoms with Crippen LogP contribution in [0.25, 0.3) is 0 Å². The summed E-state index contributed by atoms with van der Waals surface area (Å²) in [5, 5.41) is 2.70. The third-order valence-electron chi connectivity index (χ3n) is 4.81. The number of benzene rings is 1. The maximum absolute atomic E-state index is 14.3. The average molecular weight is 412 g/mol. The average Bonchev–Trinajstić information content (AvgIpc) is 3.44. The molecule has 0 spiro atoms. The SMILES string of the molecule is COc1c(Br)cc(F)c(F)c1Nc1nc(N)nc(C2(C3CC3)CC2)n1. The number of rotatable bonds is 5. The van der Waals surface area contributed by atoms with E-state index in [1.54, 1.807) is 0 Å². The van der Waals surface area contributed by atoms with Crippen LogP contribution in [0.1, 0.15) is 31.5 Å². The minimum Gasteiger partial charge on any atom is -0.493 e. The van der Waals surface area contributed by atoms with Crippen LogP contribution in [0.4, 0.5) is 26.4 Å². The normalized spacial score (nSPS) is 18.1. The molecule has 2 fully saturated rings. The van der Waals surface area contributed by atoms with Crippen LogP contribution < -0.4 is 15.8 Å². The lowest BCUT2D eigenvalue weighted by Gasteiger charge is -2.16. The third kappa shape index (κ3) is 2.80. The fourth-order valence-corrected chi connectivity index (χ4v) is 3.82. The van der Waals surface area contributed by atoms with Crippen molar-refractivity contribution in [2.24, 2.45) is 5.92 Å². The molecule has 0 saturated heterocycles. The first-order valence-electron chi connectivity index (χ1n) is 7.95. The number of methoxy groups -OCH3 is 1. The predicted octanol–water partition coefficient (Wildman–Crippen LogP) is 3.69. The zero-order chi connectivity index (χ0) is 17.8. The number of nitrogens with two attached hydrogens (primary N) is 1. The highest BCUT2D eigenvalue weighted by Gasteiger charge is 2.57. The van der Waals surface area contributed by atoms with Crippen molar-refractivity contribution < 1.29 is 13.5 Å². The van der Waals surface area contributed by atoms with E-state index < -0.39 is 11.6 Å². The zero-order valence-electron chi connectivity index (χ0n) is 13.4. The number of ether oxygens (including phenoxy) is 1. The van der Waals surface area contributed by atoms with E-state index in [0.29, 0.717) is 11.7 Å². The summed E-state index contributed by atoms with van der Waals surface area (Å²) in [5.74, 6) is -0.657. The largest absolute Gasteiger partial charge is 0.493 e. The molecule has 3 N–H and O–H groups in total. The van der Waals surface area contributed by atoms with Gasteiger partial charge in [-0.25, -0.2) is 8.78 Å². The number of nitrogen functional groups attached to an aromatic ring is 1. The quantitative estimate of drug-likeness (QED) is 0.729. The fourth-order valence-electron chi connectivity index (χ4n) is 3.26. The number of nitrogens with one attached hydrogen (secondary N) is 1. The van der Waals surface area contributed by atoms with Crippen LogP contribution in [-0.4, -0.2) is 22.1 Å². The molecule has 0 bridgehead atoms. The smallest absolute Gasteiger partial charge is 0.232 e. The molecule has 0 unspecified atom stereocenters. The molecule has 0 aliphatic heterocycles. The molecule has 25 heavy (non-hydrogen) atoms. The summed E-state index contributed by atoms with van der Waals surface area (Å²) in [7, 11) is 1.36. The molecule has 4 rings (SSSR count). The highest BCUT2D eigenvalue weighted by molar-refractivity contribution is 9.10. The van der Waals surface area contributed by atoms with Gasteiger partial charge >= 0.3 is 0 Å². The molecular formula is C16H16BrF2N5O. The van der Waals surface area contributed by atoms with Crippen molar-refractivity contribution >= 4 is 33.5 Å². The van der Waals surface area contributed by atoms with Gasteiger partial charge in [0.05, 0.1) is 11.6 Å². The second kappa shape index (κ2) is 5.76. The second-order valence-electron chi connectivity index (χ2n) is 6.46. The van der Waals surface area contributed by atoms with Crippen LogP contribution in [0.2, 0.25) is 0 Å². The first kappa shape index (κ1) is 16.4. The Bertz CT molecular complexity index is 855. The first-order valence-corrected chi connectivity index (χ1v) is 8.74. The van der Waals surface area contributed by atoms with Gasteiger partial charge in [0.15, 0.2) is 17.4 Å². The lowest BCUT2D eigenvalue weighted by Crippen LogP contribution is -2.17. The van der Waals surface area contributed by atoms with E-state index in [1.165, 1.54) is 7.11 Å². The summed E-state index contributed by atoms with van der Waals surface area (Å²) < 4.78 is 33.4. The molecule has 1 heterocycles. The topological polar surface area (TPSA) is 86.0 Å². The van der Waals surface area contributed by atoms with Crippen LogP contribution in [0, 0.1) is 17.6 Å². The van der Waals surface area contributed by atoms with E-state index in [-0.39, 0.29) is 33.2 Å². The van der Waals surface area contributed by atoms with Crippen molar-refractivity contribution in [3.05, 3.63) is 28.0 Å². The molecule has 2 saturated carbocycles. The maximum Gasteiger partial charge on any atom is 0.232 e. The van der Waals surface area contributed by atoms with Gasteiger partial charge in [-0.15, -0.1) is 0 Å². The van der Waals surface area contributed by atoms with E-state index >= 15 is 0 Å². The number of nitrogens with zero attached hydrogens (tertiary/aromatic N) is 3. The Balaban J connectivity index is 1.74. The molecule has 2 aromatic rings. The maximum atomic E-state index is 14.3. The van der Waals surface area contributed by atoms with Crippen LogP contribution in [0.15, 0.2) is 10.5 Å². The lowest BCUT2D eigenvalue weighted by molar-refractivity contribution is 0.406. The first-order chi connectivity index (χ1) is 11.9. The van der Waals surface area contributed by atoms with E-state index in [0.717, 1.165) is 31.7 Å². The number of anilines is 3. The van der Waals surface area contributed by atoms with Gasteiger partial charge in [0.2, 0.25) is 11.9 Å². The third-order valence-corrected chi connectivity index (χ3v) is 5.40.